The van der Waals surface area contributed by atoms with Gasteiger partial charge in [0, 0.05) is 18.2 Å². The number of hydrogen-bond acceptors (Lipinski definition) is 4. The first-order chi connectivity index (χ1) is 8.56. The van der Waals surface area contributed by atoms with Gasteiger partial charge in [-0.3, -0.25) is 14.9 Å². The number of anilines is 1. The summed E-state index contributed by atoms with van der Waals surface area (Å²) < 4.78 is 13.3. The molecular weight excluding hydrogens is 241 g/mol. The number of rotatable bonds is 5. The van der Waals surface area contributed by atoms with Gasteiger partial charge in [0.2, 0.25) is 5.91 Å². The molecule has 1 aliphatic carbocycles. The largest absolute Gasteiger partial charge is 0.322 e. The van der Waals surface area contributed by atoms with E-state index in [4.69, 9.17) is 0 Å². The van der Waals surface area contributed by atoms with E-state index in [0.29, 0.717) is 6.04 Å². The molecule has 0 saturated heterocycles. The number of nitrogens with zero attached hydrogens (tertiary/aromatic N) is 1. The van der Waals surface area contributed by atoms with E-state index >= 15 is 0 Å². The van der Waals surface area contributed by atoms with Crippen molar-refractivity contribution in [2.24, 2.45) is 0 Å². The molecule has 0 spiro atoms. The molecule has 0 radical (unpaired) electrons. The Morgan fingerprint density at radius 2 is 2.22 bits per heavy atom. The van der Waals surface area contributed by atoms with Crippen molar-refractivity contribution in [2.75, 3.05) is 11.9 Å². The number of amides is 1. The Labute approximate surface area is 102 Å². The Balaban J connectivity index is 1.99. The highest BCUT2D eigenvalue weighted by Gasteiger charge is 2.21. The first-order valence-electron chi connectivity index (χ1n) is 5.53. The van der Waals surface area contributed by atoms with Crippen LogP contribution < -0.4 is 10.6 Å². The maximum absolute atomic E-state index is 13.3. The summed E-state index contributed by atoms with van der Waals surface area (Å²) >= 11 is 0. The van der Waals surface area contributed by atoms with E-state index in [1.807, 2.05) is 0 Å². The molecule has 2 N–H and O–H groups in total. The summed E-state index contributed by atoms with van der Waals surface area (Å²) in [6.45, 7) is 0.0762. The second-order valence-corrected chi connectivity index (χ2v) is 4.12. The smallest absolute Gasteiger partial charge is 0.271 e. The molecule has 6 nitrogen and oxygen atoms in total. The molecule has 1 amide bonds. The van der Waals surface area contributed by atoms with E-state index in [-0.39, 0.29) is 17.9 Å². The van der Waals surface area contributed by atoms with Crippen LogP contribution in [0.5, 0.6) is 0 Å². The second-order valence-electron chi connectivity index (χ2n) is 4.12. The first kappa shape index (κ1) is 12.4. The maximum Gasteiger partial charge on any atom is 0.271 e. The molecule has 0 aliphatic heterocycles. The molecule has 0 bridgehead atoms. The third-order valence-electron chi connectivity index (χ3n) is 2.56. The molecule has 7 heteroatoms. The normalized spacial score (nSPS) is 14.3. The van der Waals surface area contributed by atoms with Gasteiger partial charge in [0.15, 0.2) is 0 Å². The number of nitro groups is 1. The van der Waals surface area contributed by atoms with Crippen LogP contribution in [0.1, 0.15) is 12.8 Å². The standard InChI is InChI=1S/C11H12FN3O3/c12-9-4-3-8(15(17)18)5-10(9)14-11(16)6-13-7-1-2-7/h3-5,7,13H,1-2,6H2,(H,14,16). The molecule has 1 aromatic carbocycles. The van der Waals surface area contributed by atoms with Crippen molar-refractivity contribution in [3.63, 3.8) is 0 Å². The molecular formula is C11H12FN3O3. The van der Waals surface area contributed by atoms with Crippen LogP contribution in [0.15, 0.2) is 18.2 Å². The van der Waals surface area contributed by atoms with Gasteiger partial charge in [-0.2, -0.15) is 0 Å². The summed E-state index contributed by atoms with van der Waals surface area (Å²) in [5.41, 5.74) is -0.436. The lowest BCUT2D eigenvalue weighted by Gasteiger charge is -2.06. The monoisotopic (exact) mass is 253 g/mol. The molecule has 0 unspecified atom stereocenters. The predicted molar refractivity (Wildman–Crippen MR) is 62.7 cm³/mol. The number of nitro benzene ring substituents is 1. The van der Waals surface area contributed by atoms with Gasteiger partial charge >= 0.3 is 0 Å². The van der Waals surface area contributed by atoms with Gasteiger partial charge < -0.3 is 10.6 Å². The molecule has 96 valence electrons. The van der Waals surface area contributed by atoms with Crippen LogP contribution in [-0.2, 0) is 4.79 Å². The Hall–Kier alpha value is -2.02. The van der Waals surface area contributed by atoms with Crippen molar-refractivity contribution in [3.05, 3.63) is 34.1 Å². The molecule has 1 aromatic rings. The van der Waals surface area contributed by atoms with Crippen LogP contribution in [0.25, 0.3) is 0 Å². The zero-order valence-electron chi connectivity index (χ0n) is 9.48. The highest BCUT2D eigenvalue weighted by Crippen LogP contribution is 2.21. The van der Waals surface area contributed by atoms with Crippen LogP contribution in [0.3, 0.4) is 0 Å². The van der Waals surface area contributed by atoms with Crippen molar-refractivity contribution < 1.29 is 14.1 Å². The first-order valence-corrected chi connectivity index (χ1v) is 5.53. The summed E-state index contributed by atoms with van der Waals surface area (Å²) in [5.74, 6) is -1.11. The number of hydrogen-bond donors (Lipinski definition) is 2. The number of benzene rings is 1. The van der Waals surface area contributed by atoms with Gasteiger partial charge in [-0.05, 0) is 18.9 Å². The minimum absolute atomic E-state index is 0.0762. The summed E-state index contributed by atoms with van der Waals surface area (Å²) in [5, 5.41) is 15.8. The Bertz CT molecular complexity index is 488. The van der Waals surface area contributed by atoms with E-state index in [0.717, 1.165) is 31.0 Å². The fraction of sp³-hybridized carbons (Fsp3) is 0.364. The van der Waals surface area contributed by atoms with Gasteiger partial charge in [0.05, 0.1) is 17.2 Å². The third kappa shape index (κ3) is 3.24. The average molecular weight is 253 g/mol. The van der Waals surface area contributed by atoms with Crippen molar-refractivity contribution >= 4 is 17.3 Å². The van der Waals surface area contributed by atoms with Crippen molar-refractivity contribution in [2.45, 2.75) is 18.9 Å². The Morgan fingerprint density at radius 3 is 2.83 bits per heavy atom. The van der Waals surface area contributed by atoms with Crippen molar-refractivity contribution in [1.82, 2.24) is 5.32 Å². The minimum Gasteiger partial charge on any atom is -0.322 e. The number of nitrogens with one attached hydrogen (secondary N) is 2. The number of halogens is 1. The number of carbonyl (C=O) groups excluding carboxylic acids is 1. The molecule has 1 fully saturated rings. The predicted octanol–water partition coefficient (Wildman–Crippen LogP) is 1.42. The SMILES string of the molecule is O=C(CNC1CC1)Nc1cc([N+](=O)[O-])ccc1F. The Kier molecular flexibility index (Phi) is 3.52. The highest BCUT2D eigenvalue weighted by molar-refractivity contribution is 5.92. The van der Waals surface area contributed by atoms with Gasteiger partial charge in [0.25, 0.3) is 5.69 Å². The highest BCUT2D eigenvalue weighted by atomic mass is 19.1. The lowest BCUT2D eigenvalue weighted by atomic mass is 10.2. The Morgan fingerprint density at radius 1 is 1.50 bits per heavy atom. The minimum atomic E-state index is -0.694. The van der Waals surface area contributed by atoms with Crippen LogP contribution in [0.2, 0.25) is 0 Å². The second kappa shape index (κ2) is 5.09. The van der Waals surface area contributed by atoms with Crippen molar-refractivity contribution in [1.29, 1.82) is 0 Å². The molecule has 1 aliphatic rings. The molecule has 0 heterocycles. The molecule has 18 heavy (non-hydrogen) atoms. The number of non-ortho nitro benzene ring substituents is 1. The van der Waals surface area contributed by atoms with Crippen LogP contribution in [0, 0.1) is 15.9 Å². The zero-order valence-corrected chi connectivity index (χ0v) is 9.48. The van der Waals surface area contributed by atoms with Gasteiger partial charge in [-0.1, -0.05) is 0 Å². The van der Waals surface area contributed by atoms with Gasteiger partial charge in [-0.15, -0.1) is 0 Å². The van der Waals surface area contributed by atoms with Crippen LogP contribution in [-0.4, -0.2) is 23.4 Å². The van der Waals surface area contributed by atoms with Crippen molar-refractivity contribution in [3.8, 4) is 0 Å². The zero-order chi connectivity index (χ0) is 13.1. The van der Waals surface area contributed by atoms with E-state index in [1.54, 1.807) is 0 Å². The average Bonchev–Trinajstić information content (AvgIpc) is 3.13. The van der Waals surface area contributed by atoms with E-state index in [2.05, 4.69) is 10.6 Å². The summed E-state index contributed by atoms with van der Waals surface area (Å²) in [7, 11) is 0. The van der Waals surface area contributed by atoms with E-state index in [9.17, 15) is 19.3 Å². The maximum atomic E-state index is 13.3. The van der Waals surface area contributed by atoms with Gasteiger partial charge in [0.1, 0.15) is 5.82 Å². The lowest BCUT2D eigenvalue weighted by molar-refractivity contribution is -0.384. The molecule has 2 rings (SSSR count). The van der Waals surface area contributed by atoms with E-state index < -0.39 is 16.6 Å². The lowest BCUT2D eigenvalue weighted by Crippen LogP contribution is -2.29. The molecule has 0 aromatic heterocycles. The van der Waals surface area contributed by atoms with Crippen LogP contribution in [0.4, 0.5) is 15.8 Å². The third-order valence-corrected chi connectivity index (χ3v) is 2.56. The van der Waals surface area contributed by atoms with Gasteiger partial charge in [-0.25, -0.2) is 4.39 Å². The number of carbonyl (C=O) groups is 1. The van der Waals surface area contributed by atoms with E-state index in [1.165, 1.54) is 0 Å². The molecule has 1 saturated carbocycles. The summed E-state index contributed by atoms with van der Waals surface area (Å²) in [6.07, 6.45) is 2.08. The topological polar surface area (TPSA) is 84.3 Å². The summed E-state index contributed by atoms with van der Waals surface area (Å²) in [6, 6.07) is 3.38. The molecule has 0 atom stereocenters. The fourth-order valence-electron chi connectivity index (χ4n) is 1.44. The van der Waals surface area contributed by atoms with Crippen LogP contribution >= 0.6 is 0 Å². The fourth-order valence-corrected chi connectivity index (χ4v) is 1.44. The quantitative estimate of drug-likeness (QED) is 0.614. The summed E-state index contributed by atoms with van der Waals surface area (Å²) in [4.78, 5) is 21.4.